The summed E-state index contributed by atoms with van der Waals surface area (Å²) in [5.74, 6) is -0.261. The predicted molar refractivity (Wildman–Crippen MR) is 156 cm³/mol. The normalized spacial score (nSPS) is 11.7. The summed E-state index contributed by atoms with van der Waals surface area (Å²) in [4.78, 5) is 33.9. The summed E-state index contributed by atoms with van der Waals surface area (Å²) in [5, 5.41) is 6.10. The zero-order valence-electron chi connectivity index (χ0n) is 22.9. The van der Waals surface area contributed by atoms with Gasteiger partial charge in [-0.2, -0.15) is 0 Å². The topological polar surface area (TPSA) is 157 Å². The molecule has 0 spiro atoms. The molecule has 2 aromatic carbocycles. The molecule has 0 aliphatic carbocycles. The van der Waals surface area contributed by atoms with E-state index in [2.05, 4.69) is 27.7 Å². The first-order valence-electron chi connectivity index (χ1n) is 12.7. The average molecular weight is 549 g/mol. The van der Waals surface area contributed by atoms with Gasteiger partial charge >= 0.3 is 0 Å². The van der Waals surface area contributed by atoms with E-state index in [4.69, 9.17) is 28.8 Å². The molecule has 10 heteroatoms. The number of aryl methyl sites for hydroxylation is 2. The lowest BCUT2D eigenvalue weighted by Crippen LogP contribution is -2.44. The van der Waals surface area contributed by atoms with Crippen molar-refractivity contribution in [3.05, 3.63) is 70.2 Å². The molecule has 2 rings (SSSR count). The van der Waals surface area contributed by atoms with Crippen LogP contribution in [0, 0.1) is 6.92 Å². The van der Waals surface area contributed by atoms with Gasteiger partial charge in [-0.15, -0.1) is 0 Å². The van der Waals surface area contributed by atoms with E-state index in [0.717, 1.165) is 50.1 Å². The molecule has 2 atom stereocenters. The van der Waals surface area contributed by atoms with Crippen LogP contribution in [-0.4, -0.2) is 68.8 Å². The Bertz CT molecular complexity index is 890. The molecule has 0 radical (unpaired) electrons. The standard InChI is InChI=1S/C14H20N2O2.C9H10ClNO.C5H15N3/c1-11(16-14(18)13(15)9-10-17)7-8-12-5-3-2-4-6-12;1-7-2-8(5-11-6-12)4-9(10)3-7;1-8(4-2-6)5-3-7/h2-6,10-11,13H,7-9,15H2,1H3,(H,16,18);2-4,6H,5H2,1H3,(H,11,12);2-7H2,1H3. The van der Waals surface area contributed by atoms with Crippen LogP contribution < -0.4 is 27.8 Å². The van der Waals surface area contributed by atoms with Crippen LogP contribution in [0.15, 0.2) is 48.5 Å². The number of aldehydes is 1. The second kappa shape index (κ2) is 22.2. The summed E-state index contributed by atoms with van der Waals surface area (Å²) in [6.45, 7) is 7.76. The summed E-state index contributed by atoms with van der Waals surface area (Å²) in [5.41, 5.74) is 19.5. The van der Waals surface area contributed by atoms with E-state index in [1.54, 1.807) is 0 Å². The molecule has 0 saturated heterocycles. The first kappa shape index (κ1) is 35.2. The van der Waals surface area contributed by atoms with Crippen LogP contribution in [0.4, 0.5) is 0 Å². The molecular formula is C28H45ClN6O3. The van der Waals surface area contributed by atoms with E-state index in [1.807, 2.05) is 57.3 Å². The second-order valence-corrected chi connectivity index (χ2v) is 9.40. The van der Waals surface area contributed by atoms with Crippen molar-refractivity contribution < 1.29 is 14.4 Å². The molecule has 2 aromatic rings. The van der Waals surface area contributed by atoms with Gasteiger partial charge < -0.3 is 37.5 Å². The van der Waals surface area contributed by atoms with Crippen molar-refractivity contribution in [1.82, 2.24) is 15.5 Å². The Kier molecular flexibility index (Phi) is 20.5. The van der Waals surface area contributed by atoms with Crippen molar-refractivity contribution in [3.8, 4) is 0 Å². The van der Waals surface area contributed by atoms with Gasteiger partial charge in [-0.3, -0.25) is 9.59 Å². The lowest BCUT2D eigenvalue weighted by Gasteiger charge is -2.16. The predicted octanol–water partition coefficient (Wildman–Crippen LogP) is 1.77. The number of likely N-dealkylation sites (N-methyl/N-ethyl adjacent to an activating group) is 1. The number of halogens is 1. The molecule has 0 saturated carbocycles. The summed E-state index contributed by atoms with van der Waals surface area (Å²) >= 11 is 5.81. The van der Waals surface area contributed by atoms with Crippen LogP contribution in [0.5, 0.6) is 0 Å². The van der Waals surface area contributed by atoms with Crippen molar-refractivity contribution in [2.75, 3.05) is 33.2 Å². The fraction of sp³-hybridized carbons (Fsp3) is 0.464. The maximum absolute atomic E-state index is 11.6. The van der Waals surface area contributed by atoms with Gasteiger partial charge in [0, 0.05) is 50.2 Å². The molecule has 0 heterocycles. The van der Waals surface area contributed by atoms with Crippen molar-refractivity contribution >= 4 is 30.2 Å². The number of rotatable bonds is 14. The Balaban J connectivity index is 0.000000590. The molecule has 8 N–H and O–H groups in total. The molecule has 0 aliphatic rings. The third-order valence-corrected chi connectivity index (χ3v) is 5.52. The van der Waals surface area contributed by atoms with Crippen LogP contribution in [0.3, 0.4) is 0 Å². The van der Waals surface area contributed by atoms with E-state index in [-0.39, 0.29) is 18.4 Å². The van der Waals surface area contributed by atoms with Crippen LogP contribution in [0.1, 0.15) is 36.5 Å². The number of carbonyl (C=O) groups excluding carboxylic acids is 3. The second-order valence-electron chi connectivity index (χ2n) is 8.96. The molecule has 212 valence electrons. The van der Waals surface area contributed by atoms with Crippen LogP contribution in [0.2, 0.25) is 5.02 Å². The summed E-state index contributed by atoms with van der Waals surface area (Å²) in [7, 11) is 2.01. The molecule has 0 fully saturated rings. The SMILES string of the molecule is CC(CCc1ccccc1)NC(=O)C(N)CC=O.CN(CCN)CCN.Cc1cc(Cl)cc(CNC=O)c1. The Morgan fingerprint density at radius 1 is 1.05 bits per heavy atom. The van der Waals surface area contributed by atoms with E-state index in [9.17, 15) is 14.4 Å². The molecule has 2 amide bonds. The fourth-order valence-corrected chi connectivity index (χ4v) is 3.60. The summed E-state index contributed by atoms with van der Waals surface area (Å²) < 4.78 is 0. The van der Waals surface area contributed by atoms with Crippen molar-refractivity contribution in [1.29, 1.82) is 0 Å². The van der Waals surface area contributed by atoms with Crippen LogP contribution >= 0.6 is 11.6 Å². The van der Waals surface area contributed by atoms with Crippen LogP contribution in [0.25, 0.3) is 0 Å². The number of amides is 2. The zero-order chi connectivity index (χ0) is 28.8. The van der Waals surface area contributed by atoms with Gasteiger partial charge in [-0.25, -0.2) is 0 Å². The van der Waals surface area contributed by atoms with Crippen molar-refractivity contribution in [3.63, 3.8) is 0 Å². The third kappa shape index (κ3) is 18.4. The number of nitrogens with one attached hydrogen (secondary N) is 2. The Hall–Kier alpha value is -2.82. The van der Waals surface area contributed by atoms with Crippen molar-refractivity contribution in [2.45, 2.75) is 51.7 Å². The molecule has 2 unspecified atom stereocenters. The lowest BCUT2D eigenvalue weighted by molar-refractivity contribution is -0.124. The van der Waals surface area contributed by atoms with Crippen molar-refractivity contribution in [2.24, 2.45) is 17.2 Å². The highest BCUT2D eigenvalue weighted by molar-refractivity contribution is 6.30. The Morgan fingerprint density at radius 2 is 1.68 bits per heavy atom. The molecule has 9 nitrogen and oxygen atoms in total. The lowest BCUT2D eigenvalue weighted by atomic mass is 10.1. The number of hydrogen-bond acceptors (Lipinski definition) is 7. The molecule has 0 aliphatic heterocycles. The minimum Gasteiger partial charge on any atom is -0.355 e. The minimum absolute atomic E-state index is 0.0513. The first-order chi connectivity index (χ1) is 18.2. The van der Waals surface area contributed by atoms with E-state index in [1.165, 1.54) is 5.56 Å². The average Bonchev–Trinajstić information content (AvgIpc) is 2.87. The molecular weight excluding hydrogens is 504 g/mol. The Labute approximate surface area is 232 Å². The van der Waals surface area contributed by atoms with Gasteiger partial charge in [0.05, 0.1) is 6.04 Å². The number of benzene rings is 2. The summed E-state index contributed by atoms with van der Waals surface area (Å²) in [6.07, 6.45) is 3.17. The maximum Gasteiger partial charge on any atom is 0.237 e. The summed E-state index contributed by atoms with van der Waals surface area (Å²) in [6, 6.07) is 15.1. The molecule has 0 aromatic heterocycles. The fourth-order valence-electron chi connectivity index (χ4n) is 3.29. The maximum atomic E-state index is 11.6. The van der Waals surface area contributed by atoms with E-state index in [0.29, 0.717) is 24.3 Å². The molecule has 0 bridgehead atoms. The first-order valence-corrected chi connectivity index (χ1v) is 13.1. The largest absolute Gasteiger partial charge is 0.355 e. The minimum atomic E-state index is -0.735. The van der Waals surface area contributed by atoms with Gasteiger partial charge in [0.2, 0.25) is 12.3 Å². The van der Waals surface area contributed by atoms with Crippen LogP contribution in [-0.2, 0) is 27.3 Å². The number of hydrogen-bond donors (Lipinski definition) is 5. The highest BCUT2D eigenvalue weighted by Gasteiger charge is 2.14. The van der Waals surface area contributed by atoms with Gasteiger partial charge in [-0.05, 0) is 62.6 Å². The number of nitrogens with two attached hydrogens (primary N) is 3. The van der Waals surface area contributed by atoms with Gasteiger partial charge in [0.1, 0.15) is 6.29 Å². The zero-order valence-corrected chi connectivity index (χ0v) is 23.6. The van der Waals surface area contributed by atoms with Gasteiger partial charge in [0.15, 0.2) is 0 Å². The molecule has 38 heavy (non-hydrogen) atoms. The Morgan fingerprint density at radius 3 is 2.21 bits per heavy atom. The number of carbonyl (C=O) groups is 3. The highest BCUT2D eigenvalue weighted by atomic mass is 35.5. The monoisotopic (exact) mass is 548 g/mol. The third-order valence-electron chi connectivity index (χ3n) is 5.30. The van der Waals surface area contributed by atoms with E-state index < -0.39 is 6.04 Å². The van der Waals surface area contributed by atoms with E-state index >= 15 is 0 Å². The quantitative estimate of drug-likeness (QED) is 0.225. The smallest absolute Gasteiger partial charge is 0.237 e. The highest BCUT2D eigenvalue weighted by Crippen LogP contribution is 2.14. The number of nitrogens with zero attached hydrogens (tertiary/aromatic N) is 1. The van der Waals surface area contributed by atoms with Gasteiger partial charge in [0.25, 0.3) is 0 Å². The van der Waals surface area contributed by atoms with Gasteiger partial charge in [-0.1, -0.05) is 48.0 Å².